The second-order valence-electron chi connectivity index (χ2n) is 8.76. The van der Waals surface area contributed by atoms with Crippen LogP contribution in [0.25, 0.3) is 10.2 Å². The fraction of sp³-hybridized carbons (Fsp3) is 0.259. The molecule has 0 aliphatic heterocycles. The van der Waals surface area contributed by atoms with Gasteiger partial charge in [-0.05, 0) is 53.8 Å². The lowest BCUT2D eigenvalue weighted by Gasteiger charge is -2.22. The maximum Gasteiger partial charge on any atom is 0.260 e. The molecule has 3 aromatic carbocycles. The molecule has 32 heavy (non-hydrogen) atoms. The Bertz CT molecular complexity index is 1210. The van der Waals surface area contributed by atoms with Crippen molar-refractivity contribution in [1.82, 2.24) is 4.98 Å². The van der Waals surface area contributed by atoms with Gasteiger partial charge in [0, 0.05) is 5.56 Å². The fourth-order valence-electron chi connectivity index (χ4n) is 3.53. The molecular weight excluding hydrogens is 416 g/mol. The van der Waals surface area contributed by atoms with Gasteiger partial charge in [-0.2, -0.15) is 0 Å². The Morgan fingerprint density at radius 2 is 1.72 bits per heavy atom. The van der Waals surface area contributed by atoms with Gasteiger partial charge in [0.05, 0.1) is 23.4 Å². The van der Waals surface area contributed by atoms with Crippen molar-refractivity contribution in [1.29, 1.82) is 0 Å². The van der Waals surface area contributed by atoms with E-state index in [1.165, 1.54) is 16.9 Å². The number of ether oxygens (including phenoxy) is 1. The predicted octanol–water partition coefficient (Wildman–Crippen LogP) is 6.84. The molecule has 164 valence electrons. The van der Waals surface area contributed by atoms with Crippen LogP contribution in [0.15, 0.2) is 72.8 Å². The summed E-state index contributed by atoms with van der Waals surface area (Å²) < 4.78 is 6.63. The summed E-state index contributed by atoms with van der Waals surface area (Å²) in [6, 6.07) is 23.8. The van der Waals surface area contributed by atoms with Crippen LogP contribution in [-0.4, -0.2) is 17.5 Å². The molecule has 0 saturated carbocycles. The normalized spacial score (nSPS) is 11.5. The number of carbonyl (C=O) groups excluding carboxylic acids is 1. The van der Waals surface area contributed by atoms with Crippen molar-refractivity contribution >= 4 is 32.6 Å². The fourth-order valence-corrected chi connectivity index (χ4v) is 4.52. The third-order valence-electron chi connectivity index (χ3n) is 5.32. The third-order valence-corrected chi connectivity index (χ3v) is 6.36. The first-order valence-electron chi connectivity index (χ1n) is 10.8. The largest absolute Gasteiger partial charge is 0.494 e. The van der Waals surface area contributed by atoms with Crippen molar-refractivity contribution in [3.8, 4) is 5.75 Å². The van der Waals surface area contributed by atoms with Crippen molar-refractivity contribution < 1.29 is 9.53 Å². The quantitative estimate of drug-likeness (QED) is 0.327. The zero-order valence-corrected chi connectivity index (χ0v) is 19.8. The highest BCUT2D eigenvalue weighted by atomic mass is 32.1. The zero-order valence-electron chi connectivity index (χ0n) is 19.0. The van der Waals surface area contributed by atoms with Gasteiger partial charge in [0.1, 0.15) is 5.75 Å². The van der Waals surface area contributed by atoms with Crippen molar-refractivity contribution in [3.63, 3.8) is 0 Å². The molecule has 0 aliphatic rings. The molecule has 5 heteroatoms. The molecule has 4 nitrogen and oxygen atoms in total. The molecule has 4 aromatic rings. The van der Waals surface area contributed by atoms with Crippen molar-refractivity contribution in [2.45, 2.75) is 39.7 Å². The van der Waals surface area contributed by atoms with E-state index in [1.54, 1.807) is 4.90 Å². The molecule has 1 aromatic heterocycles. The summed E-state index contributed by atoms with van der Waals surface area (Å²) in [5, 5.41) is 0.683. The molecule has 0 fully saturated rings. The third kappa shape index (κ3) is 4.83. The predicted molar refractivity (Wildman–Crippen MR) is 133 cm³/mol. The molecule has 0 bridgehead atoms. The highest BCUT2D eigenvalue weighted by Crippen LogP contribution is 2.33. The molecule has 1 heterocycles. The number of amides is 1. The van der Waals surface area contributed by atoms with Gasteiger partial charge in [-0.1, -0.05) is 74.6 Å². The van der Waals surface area contributed by atoms with E-state index < -0.39 is 0 Å². The van der Waals surface area contributed by atoms with E-state index in [-0.39, 0.29) is 11.3 Å². The summed E-state index contributed by atoms with van der Waals surface area (Å²) in [7, 11) is 0. The van der Waals surface area contributed by atoms with Gasteiger partial charge in [-0.25, -0.2) is 4.98 Å². The Balaban J connectivity index is 1.71. The van der Waals surface area contributed by atoms with Gasteiger partial charge in [-0.3, -0.25) is 9.69 Å². The number of thiazole rings is 1. The van der Waals surface area contributed by atoms with Crippen LogP contribution in [-0.2, 0) is 12.0 Å². The first-order chi connectivity index (χ1) is 15.3. The summed E-state index contributed by atoms with van der Waals surface area (Å²) in [4.78, 5) is 20.2. The molecule has 0 unspecified atom stereocenters. The summed E-state index contributed by atoms with van der Waals surface area (Å²) in [6.07, 6.45) is 0. The van der Waals surface area contributed by atoms with E-state index in [1.807, 2.05) is 79.7 Å². The first-order valence-corrected chi connectivity index (χ1v) is 11.7. The van der Waals surface area contributed by atoms with E-state index >= 15 is 0 Å². The average molecular weight is 445 g/mol. The van der Waals surface area contributed by atoms with E-state index in [2.05, 4.69) is 20.8 Å². The van der Waals surface area contributed by atoms with E-state index in [0.29, 0.717) is 23.8 Å². The summed E-state index contributed by atoms with van der Waals surface area (Å²) in [5.74, 6) is 0.757. The van der Waals surface area contributed by atoms with Gasteiger partial charge < -0.3 is 4.74 Å². The molecule has 0 aliphatic carbocycles. The highest BCUT2D eigenvalue weighted by molar-refractivity contribution is 7.22. The zero-order chi connectivity index (χ0) is 22.7. The van der Waals surface area contributed by atoms with Crippen LogP contribution in [0, 0.1) is 0 Å². The number of hydrogen-bond acceptors (Lipinski definition) is 4. The lowest BCUT2D eigenvalue weighted by Crippen LogP contribution is -2.30. The van der Waals surface area contributed by atoms with Gasteiger partial charge in [-0.15, -0.1) is 0 Å². The SMILES string of the molecule is CCOc1ccc2nc(N(Cc3ccccc3)C(=O)c3ccc(C(C)(C)C)cc3)sc2c1. The summed E-state index contributed by atoms with van der Waals surface area (Å²) >= 11 is 1.51. The van der Waals surface area contributed by atoms with Crippen LogP contribution in [0.2, 0.25) is 0 Å². The van der Waals surface area contributed by atoms with Crippen LogP contribution in [0.3, 0.4) is 0 Å². The number of hydrogen-bond donors (Lipinski definition) is 0. The molecule has 0 radical (unpaired) electrons. The van der Waals surface area contributed by atoms with Crippen molar-refractivity contribution in [3.05, 3.63) is 89.5 Å². The second kappa shape index (κ2) is 9.13. The van der Waals surface area contributed by atoms with Crippen LogP contribution in [0.4, 0.5) is 5.13 Å². The number of aromatic nitrogens is 1. The van der Waals surface area contributed by atoms with Crippen molar-refractivity contribution in [2.75, 3.05) is 11.5 Å². The molecule has 0 saturated heterocycles. The standard InChI is InChI=1S/C27H28N2O2S/c1-5-31-22-15-16-23-24(17-22)32-26(28-23)29(18-19-9-7-6-8-10-19)25(30)20-11-13-21(14-12-20)27(2,3)4/h6-17H,5,18H2,1-4H3. The smallest absolute Gasteiger partial charge is 0.260 e. The Labute approximate surface area is 193 Å². The van der Waals surface area contributed by atoms with Gasteiger partial charge >= 0.3 is 0 Å². The second-order valence-corrected chi connectivity index (χ2v) is 9.77. The van der Waals surface area contributed by atoms with Crippen LogP contribution < -0.4 is 9.64 Å². The number of rotatable bonds is 6. The molecule has 1 amide bonds. The minimum Gasteiger partial charge on any atom is -0.494 e. The minimum absolute atomic E-state index is 0.0383. The first kappa shape index (κ1) is 22.0. The molecular formula is C27H28N2O2S. The lowest BCUT2D eigenvalue weighted by molar-refractivity contribution is 0.0985. The maximum atomic E-state index is 13.6. The maximum absolute atomic E-state index is 13.6. The topological polar surface area (TPSA) is 42.4 Å². The molecule has 0 atom stereocenters. The lowest BCUT2D eigenvalue weighted by atomic mass is 9.86. The molecule has 0 N–H and O–H groups in total. The van der Waals surface area contributed by atoms with Crippen LogP contribution in [0.5, 0.6) is 5.75 Å². The number of anilines is 1. The van der Waals surface area contributed by atoms with Gasteiger partial charge in [0.15, 0.2) is 5.13 Å². The number of fused-ring (bicyclic) bond motifs is 1. The molecule has 0 spiro atoms. The van der Waals surface area contributed by atoms with Crippen LogP contribution in [0.1, 0.15) is 49.2 Å². The highest BCUT2D eigenvalue weighted by Gasteiger charge is 2.23. The summed E-state index contributed by atoms with van der Waals surface area (Å²) in [5.41, 5.74) is 3.82. The Hall–Kier alpha value is -3.18. The minimum atomic E-state index is -0.0570. The number of carbonyl (C=O) groups is 1. The van der Waals surface area contributed by atoms with E-state index in [0.717, 1.165) is 21.5 Å². The Kier molecular flexibility index (Phi) is 6.28. The van der Waals surface area contributed by atoms with E-state index in [4.69, 9.17) is 9.72 Å². The van der Waals surface area contributed by atoms with Crippen molar-refractivity contribution in [2.24, 2.45) is 0 Å². The van der Waals surface area contributed by atoms with Crippen LogP contribution >= 0.6 is 11.3 Å². The molecule has 4 rings (SSSR count). The average Bonchev–Trinajstić information content (AvgIpc) is 3.20. The van der Waals surface area contributed by atoms with E-state index in [9.17, 15) is 4.79 Å². The number of nitrogens with zero attached hydrogens (tertiary/aromatic N) is 2. The Morgan fingerprint density at radius 1 is 1.00 bits per heavy atom. The number of benzene rings is 3. The Morgan fingerprint density at radius 3 is 2.38 bits per heavy atom. The monoisotopic (exact) mass is 444 g/mol. The van der Waals surface area contributed by atoms with Gasteiger partial charge in [0.2, 0.25) is 0 Å². The van der Waals surface area contributed by atoms with Gasteiger partial charge in [0.25, 0.3) is 5.91 Å². The summed E-state index contributed by atoms with van der Waals surface area (Å²) in [6.45, 7) is 9.54.